The summed E-state index contributed by atoms with van der Waals surface area (Å²) in [7, 11) is 0. The molecule has 7 nitrogen and oxygen atoms in total. The Kier molecular flexibility index (Phi) is 14.2. The third-order valence-corrected chi connectivity index (χ3v) is 7.49. The van der Waals surface area contributed by atoms with Crippen LogP contribution >= 0.6 is 0 Å². The lowest BCUT2D eigenvalue weighted by atomic mass is 9.90. The Balaban J connectivity index is 3.77. The number of rotatable bonds is 14. The van der Waals surface area contributed by atoms with Crippen molar-refractivity contribution >= 4 is 17.9 Å². The van der Waals surface area contributed by atoms with Crippen LogP contribution < -0.4 is 10.6 Å². The van der Waals surface area contributed by atoms with Crippen molar-refractivity contribution in [1.29, 1.82) is 0 Å². The van der Waals surface area contributed by atoms with Crippen molar-refractivity contribution in [3.05, 3.63) is 34.9 Å². The number of carbonyl (C=O) groups is 3. The number of ether oxygens (including phenoxy) is 1. The van der Waals surface area contributed by atoms with Gasteiger partial charge in [-0.25, -0.2) is 4.79 Å². The second-order valence-corrected chi connectivity index (χ2v) is 13.0. The van der Waals surface area contributed by atoms with Gasteiger partial charge in [0.25, 0.3) is 0 Å². The van der Waals surface area contributed by atoms with Crippen LogP contribution in [-0.4, -0.2) is 46.5 Å². The highest BCUT2D eigenvalue weighted by atomic mass is 16.6. The van der Waals surface area contributed by atoms with Crippen molar-refractivity contribution in [1.82, 2.24) is 15.5 Å². The molecule has 0 aliphatic carbocycles. The van der Waals surface area contributed by atoms with E-state index in [1.807, 2.05) is 59.7 Å². The second-order valence-electron chi connectivity index (χ2n) is 13.0. The quantitative estimate of drug-likeness (QED) is 0.251. The number of alkyl carbamates (subject to hydrolysis) is 1. The maximum atomic E-state index is 14.7. The number of nitrogens with zero attached hydrogens (tertiary/aromatic N) is 1. The third kappa shape index (κ3) is 10.8. The fourth-order valence-corrected chi connectivity index (χ4v) is 5.07. The van der Waals surface area contributed by atoms with Crippen molar-refractivity contribution in [2.45, 2.75) is 145 Å². The first-order valence-electron chi connectivity index (χ1n) is 15.2. The van der Waals surface area contributed by atoms with Crippen LogP contribution in [0.1, 0.15) is 124 Å². The summed E-state index contributed by atoms with van der Waals surface area (Å²) in [5.41, 5.74) is 2.05. The smallest absolute Gasteiger partial charge is 0.408 e. The van der Waals surface area contributed by atoms with Gasteiger partial charge in [0.2, 0.25) is 11.8 Å². The van der Waals surface area contributed by atoms with E-state index in [2.05, 4.69) is 31.4 Å². The standard InChI is InChI=1S/C33H57N3O4/c1-13-16-25(8)34-30(37)29(27-23(6)17-15-18-24(27)7)36(26(9)20-19-21(3)4)31(38)28(22(5)14-2)35-32(39)40-33(10,11)12/h15,17-18,21-22,25-26,28-29H,13-14,16,19-20H2,1-12H3,(H,34,37)(H,35,39). The van der Waals surface area contributed by atoms with Crippen LogP contribution in [0, 0.1) is 25.7 Å². The fraction of sp³-hybridized carbons (Fsp3) is 0.727. The second kappa shape index (κ2) is 16.0. The molecule has 0 radical (unpaired) electrons. The molecule has 0 fully saturated rings. The molecule has 0 aliphatic rings. The van der Waals surface area contributed by atoms with Gasteiger partial charge in [-0.15, -0.1) is 0 Å². The Morgan fingerprint density at radius 1 is 0.900 bits per heavy atom. The molecular formula is C33H57N3O4. The van der Waals surface area contributed by atoms with Crippen molar-refractivity contribution in [3.63, 3.8) is 0 Å². The summed E-state index contributed by atoms with van der Waals surface area (Å²) < 4.78 is 5.54. The lowest BCUT2D eigenvalue weighted by Crippen LogP contribution is -2.58. The summed E-state index contributed by atoms with van der Waals surface area (Å²) >= 11 is 0. The molecule has 0 saturated heterocycles. The molecule has 0 bridgehead atoms. The molecule has 0 heterocycles. The van der Waals surface area contributed by atoms with Gasteiger partial charge in [0.1, 0.15) is 17.7 Å². The highest BCUT2D eigenvalue weighted by Crippen LogP contribution is 2.32. The van der Waals surface area contributed by atoms with E-state index in [1.165, 1.54) is 0 Å². The minimum Gasteiger partial charge on any atom is -0.444 e. The molecule has 1 rings (SSSR count). The first-order chi connectivity index (χ1) is 18.5. The molecule has 0 aliphatic heterocycles. The highest BCUT2D eigenvalue weighted by molar-refractivity contribution is 5.93. The number of hydrogen-bond donors (Lipinski definition) is 2. The highest BCUT2D eigenvalue weighted by Gasteiger charge is 2.41. The van der Waals surface area contributed by atoms with Crippen LogP contribution in [0.4, 0.5) is 4.79 Å². The number of carbonyl (C=O) groups excluding carboxylic acids is 3. The maximum Gasteiger partial charge on any atom is 0.408 e. The molecule has 40 heavy (non-hydrogen) atoms. The molecule has 5 atom stereocenters. The normalized spacial score (nSPS) is 15.5. The van der Waals surface area contributed by atoms with E-state index < -0.39 is 23.8 Å². The summed E-state index contributed by atoms with van der Waals surface area (Å²) in [5.74, 6) is -0.173. The third-order valence-electron chi connectivity index (χ3n) is 7.49. The fourth-order valence-electron chi connectivity index (χ4n) is 5.07. The summed E-state index contributed by atoms with van der Waals surface area (Å²) in [6.07, 6.45) is 3.48. The van der Waals surface area contributed by atoms with E-state index in [9.17, 15) is 14.4 Å². The lowest BCUT2D eigenvalue weighted by Gasteiger charge is -2.41. The van der Waals surface area contributed by atoms with E-state index in [1.54, 1.807) is 25.7 Å². The van der Waals surface area contributed by atoms with Gasteiger partial charge in [-0.05, 0) is 96.3 Å². The molecule has 1 aromatic carbocycles. The first kappa shape index (κ1) is 35.5. The van der Waals surface area contributed by atoms with Crippen molar-refractivity contribution in [3.8, 4) is 0 Å². The van der Waals surface area contributed by atoms with Gasteiger partial charge in [0.15, 0.2) is 0 Å². The van der Waals surface area contributed by atoms with Crippen molar-refractivity contribution in [2.75, 3.05) is 0 Å². The summed E-state index contributed by atoms with van der Waals surface area (Å²) in [4.78, 5) is 43.5. The van der Waals surface area contributed by atoms with E-state index in [-0.39, 0.29) is 29.8 Å². The molecule has 3 amide bonds. The van der Waals surface area contributed by atoms with Gasteiger partial charge in [-0.3, -0.25) is 9.59 Å². The Bertz CT molecular complexity index is 949. The Morgan fingerprint density at radius 3 is 1.95 bits per heavy atom. The molecule has 5 unspecified atom stereocenters. The molecule has 228 valence electrons. The molecular weight excluding hydrogens is 502 g/mol. The van der Waals surface area contributed by atoms with Gasteiger partial charge in [-0.2, -0.15) is 0 Å². The largest absolute Gasteiger partial charge is 0.444 e. The number of amides is 3. The van der Waals surface area contributed by atoms with E-state index in [0.717, 1.165) is 42.4 Å². The molecule has 1 aromatic rings. The van der Waals surface area contributed by atoms with Crippen LogP contribution in [0.15, 0.2) is 18.2 Å². The summed E-state index contributed by atoms with van der Waals surface area (Å²) in [6.45, 7) is 23.8. The van der Waals surface area contributed by atoms with Gasteiger partial charge in [0, 0.05) is 12.1 Å². The number of benzene rings is 1. The topological polar surface area (TPSA) is 87.7 Å². The summed E-state index contributed by atoms with van der Waals surface area (Å²) in [6, 6.07) is 4.02. The predicted molar refractivity (Wildman–Crippen MR) is 164 cm³/mol. The van der Waals surface area contributed by atoms with Crippen LogP contribution in [-0.2, 0) is 14.3 Å². The van der Waals surface area contributed by atoms with Crippen LogP contribution in [0.25, 0.3) is 0 Å². The van der Waals surface area contributed by atoms with Crippen LogP contribution in [0.3, 0.4) is 0 Å². The minimum atomic E-state index is -0.839. The van der Waals surface area contributed by atoms with Gasteiger partial charge in [0.05, 0.1) is 0 Å². The molecule has 2 N–H and O–H groups in total. The lowest BCUT2D eigenvalue weighted by molar-refractivity contribution is -0.146. The van der Waals surface area contributed by atoms with Crippen LogP contribution in [0.5, 0.6) is 0 Å². The van der Waals surface area contributed by atoms with Gasteiger partial charge in [-0.1, -0.05) is 65.7 Å². The van der Waals surface area contributed by atoms with Crippen molar-refractivity contribution < 1.29 is 19.1 Å². The molecule has 0 spiro atoms. The van der Waals surface area contributed by atoms with E-state index in [0.29, 0.717) is 12.3 Å². The molecule has 7 heteroatoms. The number of aryl methyl sites for hydroxylation is 2. The van der Waals surface area contributed by atoms with Crippen molar-refractivity contribution in [2.24, 2.45) is 11.8 Å². The zero-order valence-corrected chi connectivity index (χ0v) is 27.3. The van der Waals surface area contributed by atoms with Gasteiger partial charge < -0.3 is 20.3 Å². The summed E-state index contributed by atoms with van der Waals surface area (Å²) in [5, 5.41) is 6.07. The minimum absolute atomic E-state index is 0.0301. The number of hydrogen-bond acceptors (Lipinski definition) is 4. The maximum absolute atomic E-state index is 14.7. The zero-order chi connectivity index (χ0) is 30.8. The van der Waals surface area contributed by atoms with E-state index >= 15 is 0 Å². The van der Waals surface area contributed by atoms with Crippen LogP contribution in [0.2, 0.25) is 0 Å². The molecule has 0 saturated carbocycles. The molecule has 0 aromatic heterocycles. The Hall–Kier alpha value is -2.57. The zero-order valence-electron chi connectivity index (χ0n) is 27.3. The average Bonchev–Trinajstić information content (AvgIpc) is 2.83. The predicted octanol–water partition coefficient (Wildman–Crippen LogP) is 7.24. The monoisotopic (exact) mass is 559 g/mol. The number of nitrogens with one attached hydrogen (secondary N) is 2. The van der Waals surface area contributed by atoms with E-state index in [4.69, 9.17) is 4.74 Å². The average molecular weight is 560 g/mol. The van der Waals surface area contributed by atoms with Gasteiger partial charge >= 0.3 is 6.09 Å². The SMILES string of the molecule is CCCC(C)NC(=O)C(c1c(C)cccc1C)N(C(=O)C(NC(=O)OC(C)(C)C)C(C)CC)C(C)CCC(C)C. The Labute approximate surface area is 244 Å². The Morgan fingerprint density at radius 2 is 1.48 bits per heavy atom. The first-order valence-corrected chi connectivity index (χ1v) is 15.2.